The first-order valence-electron chi connectivity index (χ1n) is 8.35. The molecular formula is C20H28IN3O. The molecule has 2 N–H and O–H groups in total. The molecule has 0 aliphatic heterocycles. The molecule has 2 rings (SSSR count). The van der Waals surface area contributed by atoms with Crippen LogP contribution in [-0.4, -0.2) is 26.7 Å². The number of halogens is 1. The van der Waals surface area contributed by atoms with Crippen molar-refractivity contribution in [2.24, 2.45) is 4.99 Å². The zero-order valence-corrected chi connectivity index (χ0v) is 17.5. The van der Waals surface area contributed by atoms with Gasteiger partial charge in [0.1, 0.15) is 5.75 Å². The molecule has 0 saturated carbocycles. The van der Waals surface area contributed by atoms with Gasteiger partial charge in [-0.2, -0.15) is 0 Å². The van der Waals surface area contributed by atoms with Gasteiger partial charge in [-0.15, -0.1) is 24.0 Å². The van der Waals surface area contributed by atoms with E-state index in [1.54, 1.807) is 14.2 Å². The minimum atomic E-state index is 0. The molecule has 0 aliphatic carbocycles. The number of aliphatic imine (C=N–C) groups is 1. The normalized spacial score (nSPS) is 10.8. The molecular weight excluding hydrogens is 425 g/mol. The summed E-state index contributed by atoms with van der Waals surface area (Å²) >= 11 is 0. The van der Waals surface area contributed by atoms with Crippen molar-refractivity contribution in [1.82, 2.24) is 10.6 Å². The lowest BCUT2D eigenvalue weighted by molar-refractivity contribution is 0.411. The van der Waals surface area contributed by atoms with Gasteiger partial charge in [-0.25, -0.2) is 0 Å². The van der Waals surface area contributed by atoms with Crippen LogP contribution in [0.1, 0.15) is 23.1 Å². The Hall–Kier alpha value is -1.76. The summed E-state index contributed by atoms with van der Waals surface area (Å²) in [7, 11) is 3.49. The van der Waals surface area contributed by atoms with Crippen LogP contribution < -0.4 is 15.4 Å². The van der Waals surface area contributed by atoms with Crippen molar-refractivity contribution in [2.75, 3.05) is 20.7 Å². The number of hydrogen-bond acceptors (Lipinski definition) is 2. The average Bonchev–Trinajstić information content (AvgIpc) is 2.62. The number of methoxy groups -OCH3 is 1. The van der Waals surface area contributed by atoms with E-state index in [-0.39, 0.29) is 24.0 Å². The summed E-state index contributed by atoms with van der Waals surface area (Å²) < 4.78 is 5.29. The van der Waals surface area contributed by atoms with E-state index >= 15 is 0 Å². The summed E-state index contributed by atoms with van der Waals surface area (Å²) in [6.45, 7) is 3.69. The Balaban J connectivity index is 0.00000312. The molecule has 0 fully saturated rings. The number of ether oxygens (including phenoxy) is 1. The SMILES string of the molecule is CN=C(NCCCc1ccccc1)NCc1ccc(OC)c(C)c1.I. The van der Waals surface area contributed by atoms with Crippen LogP contribution in [0.2, 0.25) is 0 Å². The third-order valence-corrected chi connectivity index (χ3v) is 3.92. The molecule has 136 valence electrons. The number of nitrogens with zero attached hydrogens (tertiary/aromatic N) is 1. The Kier molecular flexibility index (Phi) is 9.99. The first-order valence-corrected chi connectivity index (χ1v) is 8.35. The van der Waals surface area contributed by atoms with Crippen molar-refractivity contribution in [2.45, 2.75) is 26.3 Å². The van der Waals surface area contributed by atoms with Gasteiger partial charge in [0.05, 0.1) is 7.11 Å². The van der Waals surface area contributed by atoms with Crippen LogP contribution >= 0.6 is 24.0 Å². The summed E-state index contributed by atoms with van der Waals surface area (Å²) in [6.07, 6.45) is 2.15. The minimum Gasteiger partial charge on any atom is -0.496 e. The Bertz CT molecular complexity index is 659. The van der Waals surface area contributed by atoms with E-state index in [4.69, 9.17) is 4.74 Å². The number of aryl methyl sites for hydroxylation is 2. The summed E-state index contributed by atoms with van der Waals surface area (Å²) in [5, 5.41) is 6.71. The summed E-state index contributed by atoms with van der Waals surface area (Å²) in [4.78, 5) is 4.27. The highest BCUT2D eigenvalue weighted by Gasteiger charge is 2.02. The molecule has 0 aliphatic rings. The van der Waals surface area contributed by atoms with Gasteiger partial charge in [-0.05, 0) is 42.5 Å². The molecule has 5 heteroatoms. The monoisotopic (exact) mass is 453 g/mol. The Morgan fingerprint density at radius 3 is 2.44 bits per heavy atom. The first kappa shape index (κ1) is 21.3. The predicted octanol–water partition coefficient (Wildman–Crippen LogP) is 3.92. The highest BCUT2D eigenvalue weighted by molar-refractivity contribution is 14.0. The van der Waals surface area contributed by atoms with E-state index in [0.717, 1.165) is 43.2 Å². The third kappa shape index (κ3) is 7.34. The van der Waals surface area contributed by atoms with Crippen molar-refractivity contribution in [3.63, 3.8) is 0 Å². The van der Waals surface area contributed by atoms with Crippen molar-refractivity contribution in [1.29, 1.82) is 0 Å². The number of guanidine groups is 1. The van der Waals surface area contributed by atoms with Gasteiger partial charge in [0.15, 0.2) is 5.96 Å². The van der Waals surface area contributed by atoms with Gasteiger partial charge >= 0.3 is 0 Å². The van der Waals surface area contributed by atoms with E-state index in [0.29, 0.717) is 0 Å². The fraction of sp³-hybridized carbons (Fsp3) is 0.350. The lowest BCUT2D eigenvalue weighted by atomic mass is 10.1. The second-order valence-electron chi connectivity index (χ2n) is 5.75. The molecule has 0 unspecified atom stereocenters. The van der Waals surface area contributed by atoms with E-state index in [2.05, 4.69) is 58.9 Å². The zero-order valence-electron chi connectivity index (χ0n) is 15.2. The summed E-state index contributed by atoms with van der Waals surface area (Å²) in [6, 6.07) is 16.8. The van der Waals surface area contributed by atoms with Gasteiger partial charge in [-0.3, -0.25) is 4.99 Å². The molecule has 0 saturated heterocycles. The van der Waals surface area contributed by atoms with Gasteiger partial charge < -0.3 is 15.4 Å². The fourth-order valence-electron chi connectivity index (χ4n) is 2.60. The summed E-state index contributed by atoms with van der Waals surface area (Å²) in [5.74, 6) is 1.75. The van der Waals surface area contributed by atoms with Crippen LogP contribution in [0.5, 0.6) is 5.75 Å². The molecule has 0 bridgehead atoms. The largest absolute Gasteiger partial charge is 0.496 e. The maximum Gasteiger partial charge on any atom is 0.191 e. The predicted molar refractivity (Wildman–Crippen MR) is 116 cm³/mol. The highest BCUT2D eigenvalue weighted by atomic mass is 127. The van der Waals surface area contributed by atoms with Gasteiger partial charge in [0, 0.05) is 20.1 Å². The standard InChI is InChI=1S/C20H27N3O.HI/c1-16-14-18(11-12-19(16)24-3)15-23-20(21-2)22-13-7-10-17-8-5-4-6-9-17;/h4-6,8-9,11-12,14H,7,10,13,15H2,1-3H3,(H2,21,22,23);1H. The molecule has 25 heavy (non-hydrogen) atoms. The van der Waals surface area contributed by atoms with Gasteiger partial charge in [0.25, 0.3) is 0 Å². The van der Waals surface area contributed by atoms with E-state index in [9.17, 15) is 0 Å². The van der Waals surface area contributed by atoms with Crippen LogP contribution in [0.4, 0.5) is 0 Å². The number of hydrogen-bond donors (Lipinski definition) is 2. The van der Waals surface area contributed by atoms with E-state index < -0.39 is 0 Å². The number of benzene rings is 2. The molecule has 0 radical (unpaired) electrons. The van der Waals surface area contributed by atoms with E-state index in [1.165, 1.54) is 11.1 Å². The fourth-order valence-corrected chi connectivity index (χ4v) is 2.60. The van der Waals surface area contributed by atoms with Gasteiger partial charge in [-0.1, -0.05) is 42.5 Å². The lowest BCUT2D eigenvalue weighted by Gasteiger charge is -2.13. The zero-order chi connectivity index (χ0) is 17.2. The van der Waals surface area contributed by atoms with Crippen LogP contribution in [0.15, 0.2) is 53.5 Å². The lowest BCUT2D eigenvalue weighted by Crippen LogP contribution is -2.37. The van der Waals surface area contributed by atoms with Crippen molar-refractivity contribution in [3.05, 3.63) is 65.2 Å². The Morgan fingerprint density at radius 1 is 1.04 bits per heavy atom. The smallest absolute Gasteiger partial charge is 0.191 e. The summed E-state index contributed by atoms with van der Waals surface area (Å²) in [5.41, 5.74) is 3.72. The van der Waals surface area contributed by atoms with Crippen LogP contribution in [0, 0.1) is 6.92 Å². The second-order valence-corrected chi connectivity index (χ2v) is 5.75. The maximum atomic E-state index is 5.29. The molecule has 0 spiro atoms. The quantitative estimate of drug-likeness (QED) is 0.289. The molecule has 0 atom stereocenters. The molecule has 2 aromatic rings. The third-order valence-electron chi connectivity index (χ3n) is 3.92. The Labute approximate surface area is 168 Å². The van der Waals surface area contributed by atoms with Crippen molar-refractivity contribution in [3.8, 4) is 5.75 Å². The number of rotatable bonds is 7. The van der Waals surface area contributed by atoms with Gasteiger partial charge in [0.2, 0.25) is 0 Å². The van der Waals surface area contributed by atoms with Crippen LogP contribution in [-0.2, 0) is 13.0 Å². The highest BCUT2D eigenvalue weighted by Crippen LogP contribution is 2.18. The first-order chi connectivity index (χ1) is 11.7. The maximum absolute atomic E-state index is 5.29. The molecule has 4 nitrogen and oxygen atoms in total. The van der Waals surface area contributed by atoms with Crippen LogP contribution in [0.25, 0.3) is 0 Å². The van der Waals surface area contributed by atoms with E-state index in [1.807, 2.05) is 12.1 Å². The Morgan fingerprint density at radius 2 is 1.80 bits per heavy atom. The van der Waals surface area contributed by atoms with Crippen molar-refractivity contribution >= 4 is 29.9 Å². The number of nitrogens with one attached hydrogen (secondary N) is 2. The van der Waals surface area contributed by atoms with Crippen LogP contribution in [0.3, 0.4) is 0 Å². The molecule has 0 heterocycles. The molecule has 0 amide bonds. The molecule has 2 aromatic carbocycles. The topological polar surface area (TPSA) is 45.7 Å². The molecule has 0 aromatic heterocycles. The minimum absolute atomic E-state index is 0. The van der Waals surface area contributed by atoms with Crippen molar-refractivity contribution < 1.29 is 4.74 Å². The average molecular weight is 453 g/mol. The second kappa shape index (κ2) is 11.7.